The van der Waals surface area contributed by atoms with Crippen molar-refractivity contribution in [2.75, 3.05) is 5.32 Å². The predicted octanol–water partition coefficient (Wildman–Crippen LogP) is 5.24. The summed E-state index contributed by atoms with van der Waals surface area (Å²) >= 11 is 1.85. The molecule has 4 rings (SSSR count). The van der Waals surface area contributed by atoms with E-state index in [1.54, 1.807) is 0 Å². The van der Waals surface area contributed by atoms with Crippen molar-refractivity contribution < 1.29 is 0 Å². The SMILES string of the molecule is Cc1cc(C)cc(Nc2nc(C)nc3sc4c(c23)CCCC4)c1. The smallest absolute Gasteiger partial charge is 0.143 e. The lowest BCUT2D eigenvalue weighted by Crippen LogP contribution is -2.02. The van der Waals surface area contributed by atoms with Gasteiger partial charge in [-0.15, -0.1) is 11.3 Å². The predicted molar refractivity (Wildman–Crippen MR) is 98.0 cm³/mol. The van der Waals surface area contributed by atoms with Gasteiger partial charge in [0.25, 0.3) is 0 Å². The number of benzene rings is 1. The second-order valence-corrected chi connectivity index (χ2v) is 7.60. The molecule has 0 bridgehead atoms. The Hall–Kier alpha value is -1.94. The Kier molecular flexibility index (Phi) is 3.57. The highest BCUT2D eigenvalue weighted by atomic mass is 32.1. The van der Waals surface area contributed by atoms with E-state index in [0.29, 0.717) is 0 Å². The second-order valence-electron chi connectivity index (χ2n) is 6.51. The number of thiophene rings is 1. The Morgan fingerprint density at radius 2 is 1.70 bits per heavy atom. The lowest BCUT2D eigenvalue weighted by molar-refractivity contribution is 0.700. The Balaban J connectivity index is 1.86. The first-order valence-corrected chi connectivity index (χ1v) is 9.06. The van der Waals surface area contributed by atoms with Gasteiger partial charge in [-0.25, -0.2) is 9.97 Å². The lowest BCUT2D eigenvalue weighted by Gasteiger charge is -2.13. The first kappa shape index (κ1) is 14.6. The zero-order valence-electron chi connectivity index (χ0n) is 13.9. The van der Waals surface area contributed by atoms with E-state index in [2.05, 4.69) is 42.3 Å². The van der Waals surface area contributed by atoms with E-state index in [0.717, 1.165) is 28.6 Å². The maximum Gasteiger partial charge on any atom is 0.143 e. The first-order chi connectivity index (χ1) is 11.1. The number of aromatic nitrogens is 2. The summed E-state index contributed by atoms with van der Waals surface area (Å²) in [5, 5.41) is 4.81. The van der Waals surface area contributed by atoms with Gasteiger partial charge in [0, 0.05) is 10.6 Å². The van der Waals surface area contributed by atoms with Crippen molar-refractivity contribution in [2.24, 2.45) is 0 Å². The molecule has 0 atom stereocenters. The van der Waals surface area contributed by atoms with Crippen molar-refractivity contribution in [3.63, 3.8) is 0 Å². The number of hydrogen-bond acceptors (Lipinski definition) is 4. The fraction of sp³-hybridized carbons (Fsp3) is 0.368. The van der Waals surface area contributed by atoms with Crippen LogP contribution in [0, 0.1) is 20.8 Å². The number of fused-ring (bicyclic) bond motifs is 3. The zero-order chi connectivity index (χ0) is 16.0. The van der Waals surface area contributed by atoms with Crippen LogP contribution in [0.15, 0.2) is 18.2 Å². The summed E-state index contributed by atoms with van der Waals surface area (Å²) in [6.45, 7) is 6.24. The van der Waals surface area contributed by atoms with E-state index in [1.807, 2.05) is 18.3 Å². The van der Waals surface area contributed by atoms with E-state index >= 15 is 0 Å². The molecular formula is C19H21N3S. The van der Waals surface area contributed by atoms with E-state index < -0.39 is 0 Å². The van der Waals surface area contributed by atoms with Gasteiger partial charge in [0.2, 0.25) is 0 Å². The second kappa shape index (κ2) is 5.60. The topological polar surface area (TPSA) is 37.8 Å². The molecule has 1 aromatic carbocycles. The summed E-state index contributed by atoms with van der Waals surface area (Å²) in [4.78, 5) is 12.1. The highest BCUT2D eigenvalue weighted by Gasteiger charge is 2.20. The third-order valence-electron chi connectivity index (χ3n) is 4.41. The number of nitrogens with one attached hydrogen (secondary N) is 1. The average molecular weight is 323 g/mol. The fourth-order valence-corrected chi connectivity index (χ4v) is 4.84. The monoisotopic (exact) mass is 323 g/mol. The molecule has 0 aliphatic heterocycles. The zero-order valence-corrected chi connectivity index (χ0v) is 14.7. The maximum absolute atomic E-state index is 4.72. The van der Waals surface area contributed by atoms with Crippen LogP contribution in [0.4, 0.5) is 11.5 Å². The highest BCUT2D eigenvalue weighted by molar-refractivity contribution is 7.19. The van der Waals surface area contributed by atoms with Gasteiger partial charge in [-0.3, -0.25) is 0 Å². The molecule has 118 valence electrons. The molecule has 0 fully saturated rings. The van der Waals surface area contributed by atoms with Gasteiger partial charge in [-0.05, 0) is 75.3 Å². The molecule has 1 aliphatic rings. The molecule has 0 amide bonds. The molecule has 3 aromatic rings. The van der Waals surface area contributed by atoms with Crippen LogP contribution in [-0.2, 0) is 12.8 Å². The van der Waals surface area contributed by atoms with Crippen LogP contribution in [0.25, 0.3) is 10.2 Å². The molecule has 0 saturated heterocycles. The Labute approximate surface area is 140 Å². The fourth-order valence-electron chi connectivity index (χ4n) is 3.54. The summed E-state index contributed by atoms with van der Waals surface area (Å²) in [6, 6.07) is 6.54. The third-order valence-corrected chi connectivity index (χ3v) is 5.60. The quantitative estimate of drug-likeness (QED) is 0.701. The van der Waals surface area contributed by atoms with Gasteiger partial charge in [0.05, 0.1) is 5.39 Å². The van der Waals surface area contributed by atoms with Crippen LogP contribution >= 0.6 is 11.3 Å². The van der Waals surface area contributed by atoms with Crippen LogP contribution in [0.2, 0.25) is 0 Å². The number of rotatable bonds is 2. The van der Waals surface area contributed by atoms with Gasteiger partial charge >= 0.3 is 0 Å². The molecule has 2 heterocycles. The molecular weight excluding hydrogens is 302 g/mol. The molecule has 0 unspecified atom stereocenters. The van der Waals surface area contributed by atoms with Gasteiger partial charge in [-0.1, -0.05) is 6.07 Å². The maximum atomic E-state index is 4.72. The number of hydrogen-bond donors (Lipinski definition) is 1. The van der Waals surface area contributed by atoms with Gasteiger partial charge in [0.15, 0.2) is 0 Å². The third kappa shape index (κ3) is 2.72. The average Bonchev–Trinajstić information content (AvgIpc) is 2.84. The largest absolute Gasteiger partial charge is 0.340 e. The van der Waals surface area contributed by atoms with E-state index in [9.17, 15) is 0 Å². The number of nitrogens with zero attached hydrogens (tertiary/aromatic N) is 2. The summed E-state index contributed by atoms with van der Waals surface area (Å²) in [5.74, 6) is 1.81. The molecule has 0 spiro atoms. The number of anilines is 2. The molecule has 1 N–H and O–H groups in total. The molecule has 4 heteroatoms. The van der Waals surface area contributed by atoms with Gasteiger partial charge in [-0.2, -0.15) is 0 Å². The Bertz CT molecular complexity index is 875. The summed E-state index contributed by atoms with van der Waals surface area (Å²) in [5.41, 5.74) is 5.12. The highest BCUT2D eigenvalue weighted by Crippen LogP contribution is 2.39. The molecule has 2 aromatic heterocycles. The molecule has 3 nitrogen and oxygen atoms in total. The molecule has 0 radical (unpaired) electrons. The van der Waals surface area contributed by atoms with Crippen molar-refractivity contribution in [3.8, 4) is 0 Å². The lowest BCUT2D eigenvalue weighted by atomic mass is 9.97. The summed E-state index contributed by atoms with van der Waals surface area (Å²) in [6.07, 6.45) is 4.92. The van der Waals surface area contributed by atoms with Crippen molar-refractivity contribution in [2.45, 2.75) is 46.5 Å². The van der Waals surface area contributed by atoms with E-state index in [1.165, 1.54) is 46.2 Å². The van der Waals surface area contributed by atoms with Crippen LogP contribution in [0.1, 0.15) is 40.2 Å². The Morgan fingerprint density at radius 1 is 0.957 bits per heavy atom. The number of aryl methyl sites for hydroxylation is 5. The van der Waals surface area contributed by atoms with Crippen LogP contribution in [-0.4, -0.2) is 9.97 Å². The van der Waals surface area contributed by atoms with Crippen LogP contribution < -0.4 is 5.32 Å². The van der Waals surface area contributed by atoms with Crippen LogP contribution in [0.3, 0.4) is 0 Å². The minimum absolute atomic E-state index is 0.836. The van der Waals surface area contributed by atoms with E-state index in [4.69, 9.17) is 4.98 Å². The van der Waals surface area contributed by atoms with E-state index in [-0.39, 0.29) is 0 Å². The van der Waals surface area contributed by atoms with Crippen molar-refractivity contribution in [3.05, 3.63) is 45.6 Å². The Morgan fingerprint density at radius 3 is 2.48 bits per heavy atom. The van der Waals surface area contributed by atoms with Crippen molar-refractivity contribution in [1.29, 1.82) is 0 Å². The van der Waals surface area contributed by atoms with Crippen molar-refractivity contribution in [1.82, 2.24) is 9.97 Å². The standard InChI is InChI=1S/C19H21N3S/c1-11-8-12(2)10-14(9-11)22-18-17-15-6-4-5-7-16(15)23-19(17)21-13(3)20-18/h8-10H,4-7H2,1-3H3,(H,20,21,22). The molecule has 1 aliphatic carbocycles. The van der Waals surface area contributed by atoms with Crippen LogP contribution in [0.5, 0.6) is 0 Å². The minimum Gasteiger partial charge on any atom is -0.340 e. The molecule has 23 heavy (non-hydrogen) atoms. The van der Waals surface area contributed by atoms with Gasteiger partial charge in [0.1, 0.15) is 16.5 Å². The summed E-state index contributed by atoms with van der Waals surface area (Å²) < 4.78 is 0. The minimum atomic E-state index is 0.836. The summed E-state index contributed by atoms with van der Waals surface area (Å²) in [7, 11) is 0. The van der Waals surface area contributed by atoms with Gasteiger partial charge < -0.3 is 5.32 Å². The van der Waals surface area contributed by atoms with Crippen molar-refractivity contribution >= 4 is 33.1 Å². The normalized spacial score (nSPS) is 14.0. The first-order valence-electron chi connectivity index (χ1n) is 8.24. The molecule has 0 saturated carbocycles.